The van der Waals surface area contributed by atoms with Crippen molar-refractivity contribution in [2.45, 2.75) is 24.2 Å². The number of hydrogen-bond donors (Lipinski definition) is 3. The number of aromatic amines is 1. The van der Waals surface area contributed by atoms with Gasteiger partial charge >= 0.3 is 5.69 Å². The first-order valence-electron chi connectivity index (χ1n) is 8.17. The molecule has 1 saturated heterocycles. The number of nitrogens with one attached hydrogen (secondary N) is 1. The Morgan fingerprint density at radius 2 is 2.07 bits per heavy atom. The Balaban J connectivity index is 1.80. The molecule has 1 aliphatic heterocycles. The minimum absolute atomic E-state index is 0.472. The van der Waals surface area contributed by atoms with Crippen molar-refractivity contribution in [3.63, 3.8) is 0 Å². The van der Waals surface area contributed by atoms with Gasteiger partial charge in [0.1, 0.15) is 18.0 Å². The van der Waals surface area contributed by atoms with Crippen molar-refractivity contribution >= 4 is 19.0 Å². The molecular formula is C15H16N5O7PS. The Labute approximate surface area is 168 Å². The fourth-order valence-corrected chi connectivity index (χ4v) is 3.88. The molecule has 1 aliphatic rings. The van der Waals surface area contributed by atoms with E-state index in [9.17, 15) is 19.8 Å². The molecule has 3 rings (SSSR count). The molecule has 5 atom stereocenters. The molecule has 154 valence electrons. The highest BCUT2D eigenvalue weighted by Gasteiger charge is 2.55. The second-order valence-corrected chi connectivity index (χ2v) is 7.94. The maximum atomic E-state index is 12.0. The number of H-pyrrole nitrogens is 1. The summed E-state index contributed by atoms with van der Waals surface area (Å²) in [5.74, 6) is 0.472. The summed E-state index contributed by atoms with van der Waals surface area (Å²) in [6.45, 7) is -0.533. The first-order chi connectivity index (χ1) is 13.9. The molecule has 0 bridgehead atoms. The van der Waals surface area contributed by atoms with Gasteiger partial charge in [-0.1, -0.05) is 23.3 Å². The monoisotopic (exact) mass is 441 g/mol. The standard InChI is InChI=1S/C15H16N5O7PS/c16-19-18-15(8-25-28(29)27-9-4-2-1-3-5-9)12(23)11(22)13(26-15)20-7-6-10(21)17-14(20)24/h1-7,11-13,22-23,28H,8H2,(H,17,21,24)/t11-,12+,13-,15-/m1/s1. The molecule has 0 amide bonds. The summed E-state index contributed by atoms with van der Waals surface area (Å²) in [7, 11) is -2.31. The van der Waals surface area contributed by atoms with Gasteiger partial charge in [-0.2, -0.15) is 0 Å². The molecule has 1 unspecified atom stereocenters. The lowest BCUT2D eigenvalue weighted by Crippen LogP contribution is -2.44. The highest BCUT2D eigenvalue weighted by atomic mass is 32.4. The van der Waals surface area contributed by atoms with Crippen LogP contribution >= 0.6 is 7.15 Å². The van der Waals surface area contributed by atoms with Gasteiger partial charge < -0.3 is 24.0 Å². The second-order valence-electron chi connectivity index (χ2n) is 5.95. The van der Waals surface area contributed by atoms with Crippen LogP contribution in [0.5, 0.6) is 5.75 Å². The van der Waals surface area contributed by atoms with Crippen molar-refractivity contribution in [2.24, 2.45) is 5.11 Å². The van der Waals surface area contributed by atoms with Crippen LogP contribution in [-0.2, 0) is 21.1 Å². The molecule has 29 heavy (non-hydrogen) atoms. The van der Waals surface area contributed by atoms with E-state index in [1.807, 2.05) is 4.98 Å². The number of hydrogen-bond acceptors (Lipinski definition) is 9. The zero-order valence-corrected chi connectivity index (χ0v) is 16.4. The topological polar surface area (TPSA) is 172 Å². The largest absolute Gasteiger partial charge is 0.446 e. The van der Waals surface area contributed by atoms with Crippen LogP contribution in [0.3, 0.4) is 0 Å². The van der Waals surface area contributed by atoms with Gasteiger partial charge in [-0.15, -0.1) is 0 Å². The van der Waals surface area contributed by atoms with E-state index < -0.39 is 49.2 Å². The lowest BCUT2D eigenvalue weighted by molar-refractivity contribution is -0.119. The van der Waals surface area contributed by atoms with Crippen molar-refractivity contribution < 1.29 is 24.0 Å². The number of aliphatic hydroxyl groups is 2. The van der Waals surface area contributed by atoms with E-state index in [4.69, 9.17) is 31.1 Å². The summed E-state index contributed by atoms with van der Waals surface area (Å²) in [5, 5.41) is 24.2. The summed E-state index contributed by atoms with van der Waals surface area (Å²) in [6.07, 6.45) is -3.78. The number of rotatable bonds is 7. The van der Waals surface area contributed by atoms with Crippen molar-refractivity contribution in [2.75, 3.05) is 6.61 Å². The lowest BCUT2D eigenvalue weighted by atomic mass is 10.1. The Morgan fingerprint density at radius 3 is 2.72 bits per heavy atom. The van der Waals surface area contributed by atoms with Gasteiger partial charge in [-0.05, 0) is 29.5 Å². The summed E-state index contributed by atoms with van der Waals surface area (Å²) in [4.78, 5) is 27.9. The van der Waals surface area contributed by atoms with Crippen molar-refractivity contribution in [3.05, 3.63) is 73.9 Å². The van der Waals surface area contributed by atoms with Crippen LogP contribution < -0.4 is 15.8 Å². The summed E-state index contributed by atoms with van der Waals surface area (Å²) in [5.41, 5.74) is 5.31. The molecular weight excluding hydrogens is 425 g/mol. The molecule has 1 fully saturated rings. The Morgan fingerprint density at radius 1 is 1.34 bits per heavy atom. The van der Waals surface area contributed by atoms with Crippen LogP contribution in [0.4, 0.5) is 0 Å². The van der Waals surface area contributed by atoms with Gasteiger partial charge in [0.2, 0.25) is 12.9 Å². The Hall–Kier alpha value is -2.50. The molecule has 0 spiro atoms. The molecule has 14 heteroatoms. The number of azide groups is 1. The molecule has 2 aromatic rings. The highest BCUT2D eigenvalue weighted by molar-refractivity contribution is 8.00. The number of aromatic nitrogens is 2. The normalized spacial score (nSPS) is 27.2. The first-order valence-corrected chi connectivity index (χ1v) is 10.6. The van der Waals surface area contributed by atoms with Crippen LogP contribution in [0.2, 0.25) is 0 Å². The second kappa shape index (κ2) is 8.89. The highest BCUT2D eigenvalue weighted by Crippen LogP contribution is 2.40. The van der Waals surface area contributed by atoms with Crippen molar-refractivity contribution in [1.29, 1.82) is 0 Å². The van der Waals surface area contributed by atoms with E-state index in [0.29, 0.717) is 5.75 Å². The number of nitrogens with zero attached hydrogens (tertiary/aromatic N) is 4. The fourth-order valence-electron chi connectivity index (χ4n) is 2.70. The zero-order valence-electron chi connectivity index (χ0n) is 14.6. The third-order valence-corrected chi connectivity index (χ3v) is 5.47. The minimum Gasteiger partial charge on any atom is -0.446 e. The van der Waals surface area contributed by atoms with Crippen LogP contribution in [0, 0.1) is 0 Å². The van der Waals surface area contributed by atoms with Gasteiger partial charge in [0.15, 0.2) is 6.23 Å². The summed E-state index contributed by atoms with van der Waals surface area (Å²) in [6, 6.07) is 9.66. The third kappa shape index (κ3) is 4.57. The van der Waals surface area contributed by atoms with E-state index >= 15 is 0 Å². The molecule has 0 aliphatic carbocycles. The van der Waals surface area contributed by atoms with Crippen LogP contribution in [0.25, 0.3) is 10.4 Å². The maximum absolute atomic E-state index is 12.0. The zero-order chi connectivity index (χ0) is 21.0. The average molecular weight is 441 g/mol. The maximum Gasteiger partial charge on any atom is 0.330 e. The van der Waals surface area contributed by atoms with Gasteiger partial charge in [0, 0.05) is 17.2 Å². The van der Waals surface area contributed by atoms with E-state index in [1.165, 1.54) is 0 Å². The summed E-state index contributed by atoms with van der Waals surface area (Å²) < 4.78 is 17.3. The first kappa shape index (κ1) is 21.2. The molecule has 1 aromatic carbocycles. The molecule has 3 N–H and O–H groups in total. The van der Waals surface area contributed by atoms with E-state index in [2.05, 4.69) is 10.0 Å². The van der Waals surface area contributed by atoms with Crippen molar-refractivity contribution in [3.8, 4) is 5.75 Å². The Kier molecular flexibility index (Phi) is 6.50. The smallest absolute Gasteiger partial charge is 0.330 e. The predicted octanol–water partition coefficient (Wildman–Crippen LogP) is 0.395. The predicted molar refractivity (Wildman–Crippen MR) is 104 cm³/mol. The van der Waals surface area contributed by atoms with Gasteiger partial charge in [0.25, 0.3) is 5.56 Å². The van der Waals surface area contributed by atoms with Crippen LogP contribution in [0.15, 0.2) is 57.3 Å². The Bertz CT molecular complexity index is 1060. The van der Waals surface area contributed by atoms with Crippen LogP contribution in [-0.4, -0.2) is 44.3 Å². The van der Waals surface area contributed by atoms with Gasteiger partial charge in [-0.25, -0.2) is 4.79 Å². The molecule has 2 heterocycles. The third-order valence-electron chi connectivity index (χ3n) is 4.08. The minimum atomic E-state index is -2.31. The van der Waals surface area contributed by atoms with Gasteiger partial charge in [0.05, 0.1) is 6.61 Å². The average Bonchev–Trinajstić information content (AvgIpc) is 2.93. The number of ether oxygens (including phenoxy) is 1. The molecule has 0 radical (unpaired) electrons. The molecule has 0 saturated carbocycles. The van der Waals surface area contributed by atoms with E-state index in [0.717, 1.165) is 16.8 Å². The summed E-state index contributed by atoms with van der Waals surface area (Å²) >= 11 is 5.14. The number of benzene rings is 1. The fraction of sp³-hybridized carbons (Fsp3) is 0.333. The number of aliphatic hydroxyl groups excluding tert-OH is 2. The van der Waals surface area contributed by atoms with E-state index in [1.54, 1.807) is 30.3 Å². The number of para-hydroxylation sites is 1. The van der Waals surface area contributed by atoms with E-state index in [-0.39, 0.29) is 0 Å². The molecule has 12 nitrogen and oxygen atoms in total. The quantitative estimate of drug-likeness (QED) is 0.240. The van der Waals surface area contributed by atoms with Crippen molar-refractivity contribution in [1.82, 2.24) is 9.55 Å². The SMILES string of the molecule is [N-]=[N+]=N[C@]1(CO[PH](=S)Oc2ccccc2)O[C@@H](n2ccc(=O)[nH]c2=O)[C@H](O)[C@@H]1O. The van der Waals surface area contributed by atoms with Crippen LogP contribution in [0.1, 0.15) is 6.23 Å². The lowest BCUT2D eigenvalue weighted by Gasteiger charge is -2.26. The van der Waals surface area contributed by atoms with Gasteiger partial charge in [-0.3, -0.25) is 14.3 Å². The molecule has 1 aromatic heterocycles.